The van der Waals surface area contributed by atoms with Crippen molar-refractivity contribution in [3.8, 4) is 11.3 Å². The van der Waals surface area contributed by atoms with E-state index in [-0.39, 0.29) is 42.8 Å². The van der Waals surface area contributed by atoms with E-state index in [4.69, 9.17) is 9.57 Å². The van der Waals surface area contributed by atoms with E-state index in [0.29, 0.717) is 5.41 Å². The number of ether oxygens (including phenoxy) is 1. The molecule has 1 aromatic heterocycles. The van der Waals surface area contributed by atoms with Crippen molar-refractivity contribution in [1.29, 1.82) is 0 Å². The summed E-state index contributed by atoms with van der Waals surface area (Å²) >= 11 is 0. The van der Waals surface area contributed by atoms with Gasteiger partial charge in [-0.05, 0) is 89.7 Å². The van der Waals surface area contributed by atoms with Gasteiger partial charge in [0.15, 0.2) is 0 Å². The molecule has 0 bridgehead atoms. The SMILES string of the molecule is C.C=C.CC(C)C(=O)OC1CCCC1.CC(C)C(C)(C)C.CC(C)NS(=O)(=O)C1CC1.CC(C)O/N=C/c1ccccc1-c1ccccn1. The molecule has 0 saturated heterocycles. The third kappa shape index (κ3) is 22.3. The van der Waals surface area contributed by atoms with Gasteiger partial charge in [-0.1, -0.05) is 91.4 Å². The molecule has 1 N–H and O–H groups in total. The number of sulfonamides is 1. The maximum absolute atomic E-state index is 11.1. The number of oxime groups is 1. The van der Waals surface area contributed by atoms with E-state index in [1.165, 1.54) is 12.8 Å². The summed E-state index contributed by atoms with van der Waals surface area (Å²) in [6, 6.07) is 13.9. The van der Waals surface area contributed by atoms with Crippen molar-refractivity contribution in [2.24, 2.45) is 22.4 Å². The number of carbonyl (C=O) groups excluding carboxylic acids is 1. The summed E-state index contributed by atoms with van der Waals surface area (Å²) in [4.78, 5) is 20.6. The zero-order valence-electron chi connectivity index (χ0n) is 31.7. The molecule has 0 amide bonds. The van der Waals surface area contributed by atoms with E-state index in [1.54, 1.807) is 12.4 Å². The van der Waals surface area contributed by atoms with E-state index in [0.717, 1.165) is 48.4 Å². The molecule has 1 aromatic carbocycles. The molecular weight excluding hydrogens is 635 g/mol. The first kappa shape index (κ1) is 48.1. The largest absolute Gasteiger partial charge is 0.462 e. The Labute approximate surface area is 300 Å². The smallest absolute Gasteiger partial charge is 0.308 e. The lowest BCUT2D eigenvalue weighted by atomic mass is 9.84. The van der Waals surface area contributed by atoms with E-state index in [1.807, 2.05) is 84.0 Å². The molecule has 0 radical (unpaired) electrons. The molecule has 0 atom stereocenters. The Kier molecular flexibility index (Phi) is 24.5. The second-order valence-corrected chi connectivity index (χ2v) is 16.2. The van der Waals surface area contributed by atoms with E-state index in [9.17, 15) is 13.2 Å². The predicted molar refractivity (Wildman–Crippen MR) is 209 cm³/mol. The molecule has 2 fully saturated rings. The van der Waals surface area contributed by atoms with Gasteiger partial charge in [0.2, 0.25) is 10.0 Å². The first-order valence-electron chi connectivity index (χ1n) is 17.3. The molecule has 0 spiro atoms. The van der Waals surface area contributed by atoms with Crippen LogP contribution >= 0.6 is 0 Å². The van der Waals surface area contributed by atoms with Crippen LogP contribution in [-0.2, 0) is 24.4 Å². The molecule has 280 valence electrons. The van der Waals surface area contributed by atoms with Crippen molar-refractivity contribution in [3.63, 3.8) is 0 Å². The Morgan fingerprint density at radius 3 is 1.88 bits per heavy atom. The number of benzene rings is 1. The standard InChI is InChI=1S/C15H16N2O.C9H16O2.C7H16.C6H13NO2S.C2H4.CH4/c1-12(2)18-17-11-13-7-3-4-8-14(13)15-9-5-6-10-16-15;1-7(2)9(10)11-8-5-3-4-6-8;1-6(2)7(3,4)5;1-5(2)7-10(8,9)6-3-4-6;1-2;/h3-12H,1-2H3;7-8H,3-6H2,1-2H3;6H,1-5H3;5-7H,3-4H2,1-2H3;1-2H2;1H4/b17-11+;;;;;. The molecule has 2 aliphatic rings. The van der Waals surface area contributed by atoms with Gasteiger partial charge < -0.3 is 9.57 Å². The van der Waals surface area contributed by atoms with Crippen molar-refractivity contribution in [2.45, 2.75) is 146 Å². The van der Waals surface area contributed by atoms with Crippen LogP contribution in [0, 0.1) is 17.3 Å². The van der Waals surface area contributed by atoms with Crippen molar-refractivity contribution >= 4 is 22.2 Å². The van der Waals surface area contributed by atoms with Crippen LogP contribution in [0.15, 0.2) is 67.0 Å². The lowest BCUT2D eigenvalue weighted by Crippen LogP contribution is -2.32. The van der Waals surface area contributed by atoms with Crippen molar-refractivity contribution in [3.05, 3.63) is 67.4 Å². The van der Waals surface area contributed by atoms with Crippen LogP contribution in [0.1, 0.15) is 128 Å². The molecule has 2 aliphatic carbocycles. The predicted octanol–water partition coefficient (Wildman–Crippen LogP) is 10.2. The Bertz CT molecular complexity index is 1280. The maximum atomic E-state index is 11.1. The lowest BCUT2D eigenvalue weighted by Gasteiger charge is -2.22. The average Bonchev–Trinajstić information content (AvgIpc) is 3.77. The fourth-order valence-corrected chi connectivity index (χ4v) is 5.29. The summed E-state index contributed by atoms with van der Waals surface area (Å²) in [5.74, 6) is 0.778. The van der Waals surface area contributed by atoms with Crippen LogP contribution in [0.4, 0.5) is 0 Å². The Morgan fingerprint density at radius 1 is 0.918 bits per heavy atom. The normalized spacial score (nSPS) is 14.3. The maximum Gasteiger partial charge on any atom is 0.308 e. The number of nitrogens with zero attached hydrogens (tertiary/aromatic N) is 2. The number of carbonyl (C=O) groups is 1. The van der Waals surface area contributed by atoms with Gasteiger partial charge in [-0.3, -0.25) is 9.78 Å². The molecule has 1 heterocycles. The van der Waals surface area contributed by atoms with Crippen LogP contribution in [0.2, 0.25) is 0 Å². The molecule has 49 heavy (non-hydrogen) atoms. The first-order valence-corrected chi connectivity index (χ1v) is 18.9. The number of hydrogen-bond donors (Lipinski definition) is 1. The second-order valence-electron chi connectivity index (χ2n) is 14.2. The van der Waals surface area contributed by atoms with Gasteiger partial charge in [0, 0.05) is 23.4 Å². The highest BCUT2D eigenvalue weighted by molar-refractivity contribution is 7.90. The summed E-state index contributed by atoms with van der Waals surface area (Å²) in [5.41, 5.74) is 3.48. The third-order valence-corrected chi connectivity index (χ3v) is 9.67. The van der Waals surface area contributed by atoms with Gasteiger partial charge in [0.25, 0.3) is 0 Å². The van der Waals surface area contributed by atoms with Gasteiger partial charge in [-0.2, -0.15) is 0 Å². The molecule has 2 saturated carbocycles. The minimum Gasteiger partial charge on any atom is -0.462 e. The zero-order valence-corrected chi connectivity index (χ0v) is 32.5. The first-order chi connectivity index (χ1) is 22.4. The summed E-state index contributed by atoms with van der Waals surface area (Å²) in [7, 11) is -2.94. The summed E-state index contributed by atoms with van der Waals surface area (Å²) in [6.45, 7) is 28.6. The van der Waals surface area contributed by atoms with Crippen LogP contribution < -0.4 is 4.72 Å². The van der Waals surface area contributed by atoms with Crippen LogP contribution in [0.3, 0.4) is 0 Å². The molecule has 4 rings (SSSR count). The monoisotopic (exact) mass is 703 g/mol. The number of aromatic nitrogens is 1. The summed E-state index contributed by atoms with van der Waals surface area (Å²) in [6.07, 6.45) is 10.1. The highest BCUT2D eigenvalue weighted by atomic mass is 32.2. The number of pyridine rings is 1. The van der Waals surface area contributed by atoms with Crippen LogP contribution in [-0.4, -0.2) is 49.1 Å². The number of esters is 1. The Hall–Kier alpha value is -3.04. The number of hydrogen-bond acceptors (Lipinski definition) is 7. The Balaban J connectivity index is 0. The molecular formula is C40H69N3O5S. The topological polar surface area (TPSA) is 107 Å². The third-order valence-electron chi connectivity index (χ3n) is 7.52. The molecule has 9 heteroatoms. The van der Waals surface area contributed by atoms with Gasteiger partial charge in [0.1, 0.15) is 12.2 Å². The zero-order chi connectivity index (χ0) is 36.9. The molecule has 0 aliphatic heterocycles. The number of rotatable bonds is 9. The minimum absolute atomic E-state index is 0. The van der Waals surface area contributed by atoms with Crippen molar-refractivity contribution < 1.29 is 22.8 Å². The van der Waals surface area contributed by atoms with Crippen molar-refractivity contribution in [2.75, 3.05) is 0 Å². The number of nitrogens with one attached hydrogen (secondary N) is 1. The summed E-state index contributed by atoms with van der Waals surface area (Å²) in [5, 5.41) is 3.89. The van der Waals surface area contributed by atoms with Crippen LogP contribution in [0.5, 0.6) is 0 Å². The lowest BCUT2D eigenvalue weighted by molar-refractivity contribution is -0.152. The highest BCUT2D eigenvalue weighted by Crippen LogP contribution is 2.27. The Morgan fingerprint density at radius 2 is 1.45 bits per heavy atom. The molecule has 0 unspecified atom stereocenters. The van der Waals surface area contributed by atoms with Gasteiger partial charge in [-0.15, -0.1) is 13.2 Å². The highest BCUT2D eigenvalue weighted by Gasteiger charge is 2.35. The minimum atomic E-state index is -2.94. The molecule has 2 aromatic rings. The van der Waals surface area contributed by atoms with Gasteiger partial charge in [-0.25, -0.2) is 13.1 Å². The molecule has 8 nitrogen and oxygen atoms in total. The average molecular weight is 704 g/mol. The van der Waals surface area contributed by atoms with Gasteiger partial charge >= 0.3 is 5.97 Å². The fraction of sp³-hybridized carbons (Fsp3) is 0.625. The van der Waals surface area contributed by atoms with E-state index >= 15 is 0 Å². The van der Waals surface area contributed by atoms with E-state index in [2.05, 4.69) is 62.6 Å². The fourth-order valence-electron chi connectivity index (χ4n) is 3.68. The quantitative estimate of drug-likeness (QED) is 0.121. The van der Waals surface area contributed by atoms with Crippen molar-refractivity contribution in [1.82, 2.24) is 9.71 Å². The van der Waals surface area contributed by atoms with Gasteiger partial charge in [0.05, 0.1) is 23.1 Å². The summed E-state index contributed by atoms with van der Waals surface area (Å²) < 4.78 is 30.0. The van der Waals surface area contributed by atoms with Crippen LogP contribution in [0.25, 0.3) is 11.3 Å². The second kappa shape index (κ2) is 25.0. The van der Waals surface area contributed by atoms with E-state index < -0.39 is 10.0 Å².